The molecule has 0 radical (unpaired) electrons. The first-order valence-corrected chi connectivity index (χ1v) is 12.7. The minimum atomic E-state index is -4.81. The Labute approximate surface area is 205 Å². The zero-order chi connectivity index (χ0) is 26.1. The third kappa shape index (κ3) is 5.39. The van der Waals surface area contributed by atoms with E-state index < -0.39 is 35.8 Å². The molecule has 0 bridgehead atoms. The molecule has 36 heavy (non-hydrogen) atoms. The van der Waals surface area contributed by atoms with Crippen molar-refractivity contribution in [1.29, 1.82) is 0 Å². The molecule has 1 aromatic heterocycles. The summed E-state index contributed by atoms with van der Waals surface area (Å²) in [5.74, 6) is -1.65. The number of ether oxygens (including phenoxy) is 2. The summed E-state index contributed by atoms with van der Waals surface area (Å²) in [7, 11) is -4.81. The Morgan fingerprint density at radius 3 is 2.67 bits per heavy atom. The van der Waals surface area contributed by atoms with Crippen molar-refractivity contribution in [3.63, 3.8) is 0 Å². The molecule has 0 saturated carbocycles. The van der Waals surface area contributed by atoms with Gasteiger partial charge in [-0.25, -0.2) is 9.37 Å². The van der Waals surface area contributed by atoms with Gasteiger partial charge in [-0.1, -0.05) is 36.4 Å². The maximum absolute atomic E-state index is 13.6. The lowest BCUT2D eigenvalue weighted by Crippen LogP contribution is -2.43. The highest BCUT2D eigenvalue weighted by atomic mass is 31.2. The number of aromatic nitrogens is 2. The number of nitrogens with one attached hydrogen (secondary N) is 1. The van der Waals surface area contributed by atoms with Crippen LogP contribution < -0.4 is 20.9 Å². The van der Waals surface area contributed by atoms with Crippen LogP contribution in [-0.2, 0) is 34.6 Å². The Hall–Kier alpha value is -3.37. The molecule has 3 aromatic rings. The van der Waals surface area contributed by atoms with Crippen molar-refractivity contribution in [3.8, 4) is 5.75 Å². The van der Waals surface area contributed by atoms with E-state index in [2.05, 4.69) is 10.3 Å². The lowest BCUT2D eigenvalue weighted by molar-refractivity contribution is -0.0567. The van der Waals surface area contributed by atoms with E-state index in [1.807, 2.05) is 18.2 Å². The molecule has 3 N–H and O–H groups in total. The van der Waals surface area contributed by atoms with Crippen LogP contribution in [0.5, 0.6) is 5.75 Å². The average Bonchev–Trinajstić information content (AvgIpc) is 2.82. The maximum Gasteiger partial charge on any atom is 0.356 e. The minimum absolute atomic E-state index is 0.0115. The number of carbonyl (C=O) groups is 1. The van der Waals surface area contributed by atoms with Crippen molar-refractivity contribution in [2.24, 2.45) is 0 Å². The van der Waals surface area contributed by atoms with Crippen molar-refractivity contribution in [1.82, 2.24) is 14.9 Å². The summed E-state index contributed by atoms with van der Waals surface area (Å²) in [4.78, 5) is 50.1. The van der Waals surface area contributed by atoms with Crippen molar-refractivity contribution in [2.45, 2.75) is 39.1 Å². The molecule has 0 spiro atoms. The van der Waals surface area contributed by atoms with E-state index in [-0.39, 0.29) is 49.1 Å². The number of carbonyl (C=O) groups excluding carboxylic acids is 1. The van der Waals surface area contributed by atoms with Crippen LogP contribution in [0, 0.1) is 5.82 Å². The van der Waals surface area contributed by atoms with Gasteiger partial charge < -0.3 is 24.6 Å². The lowest BCUT2D eigenvalue weighted by Gasteiger charge is -2.32. The second-order valence-corrected chi connectivity index (χ2v) is 10.3. The number of fused-ring (bicyclic) bond motifs is 1. The van der Waals surface area contributed by atoms with E-state index in [1.165, 1.54) is 10.6 Å². The van der Waals surface area contributed by atoms with E-state index in [0.29, 0.717) is 0 Å². The van der Waals surface area contributed by atoms with Crippen LogP contribution in [0.15, 0.2) is 53.3 Å². The molecule has 12 heteroatoms. The van der Waals surface area contributed by atoms with E-state index in [0.717, 1.165) is 17.7 Å². The summed E-state index contributed by atoms with van der Waals surface area (Å²) < 4.78 is 38.3. The maximum atomic E-state index is 13.6. The molecule has 0 atom stereocenters. The van der Waals surface area contributed by atoms with Gasteiger partial charge in [0.05, 0.1) is 18.5 Å². The van der Waals surface area contributed by atoms with Crippen molar-refractivity contribution in [3.05, 3.63) is 87.3 Å². The number of benzene rings is 2. The fourth-order valence-corrected chi connectivity index (χ4v) is 4.71. The molecular formula is C24H25FN3O7P. The standard InChI is InChI=1S/C24H25FN3O7P/c1-24(2)23-27-19(21(29)26-13-16-8-9-17(25)12-18(16)36(31,32)33)20(22(30)28(23)10-11-35-24)34-14-15-6-4-3-5-7-15/h3-9,12H,10-11,13-14H2,1-2H3,(H,26,29)(H2,31,32,33). The summed E-state index contributed by atoms with van der Waals surface area (Å²) in [6, 6.07) is 12.0. The summed E-state index contributed by atoms with van der Waals surface area (Å²) in [6.07, 6.45) is 0. The van der Waals surface area contributed by atoms with Crippen LogP contribution in [0.25, 0.3) is 0 Å². The number of rotatable bonds is 7. The molecule has 1 aliphatic rings. The summed E-state index contributed by atoms with van der Waals surface area (Å²) >= 11 is 0. The Morgan fingerprint density at radius 1 is 1.25 bits per heavy atom. The number of halogens is 1. The summed E-state index contributed by atoms with van der Waals surface area (Å²) in [6.45, 7) is 3.62. The van der Waals surface area contributed by atoms with Gasteiger partial charge in [0.2, 0.25) is 5.75 Å². The van der Waals surface area contributed by atoms with Crippen molar-refractivity contribution in [2.75, 3.05) is 6.61 Å². The van der Waals surface area contributed by atoms with Crippen molar-refractivity contribution >= 4 is 18.8 Å². The summed E-state index contributed by atoms with van der Waals surface area (Å²) in [5.41, 5.74) is -0.999. The molecule has 190 valence electrons. The SMILES string of the molecule is CC1(C)OCCn2c1nc(C(=O)NCc1ccc(F)cc1P(=O)(O)O)c(OCc1ccccc1)c2=O. The molecule has 1 aliphatic heterocycles. The quantitative estimate of drug-likeness (QED) is 0.404. The predicted molar refractivity (Wildman–Crippen MR) is 127 cm³/mol. The van der Waals surface area contributed by atoms with Crippen LogP contribution in [-0.4, -0.2) is 31.9 Å². The van der Waals surface area contributed by atoms with Crippen LogP contribution >= 0.6 is 7.60 Å². The van der Waals surface area contributed by atoms with Crippen LogP contribution in [0.4, 0.5) is 4.39 Å². The fraction of sp³-hybridized carbons (Fsp3) is 0.292. The highest BCUT2D eigenvalue weighted by Gasteiger charge is 2.35. The van der Waals surface area contributed by atoms with Gasteiger partial charge >= 0.3 is 7.60 Å². The highest BCUT2D eigenvalue weighted by molar-refractivity contribution is 7.60. The topological polar surface area (TPSA) is 140 Å². The van der Waals surface area contributed by atoms with Gasteiger partial charge in [0.1, 0.15) is 23.8 Å². The fourth-order valence-electron chi connectivity index (χ4n) is 3.89. The Morgan fingerprint density at radius 2 is 1.97 bits per heavy atom. The van der Waals surface area contributed by atoms with E-state index in [1.54, 1.807) is 26.0 Å². The molecule has 0 aliphatic carbocycles. The first-order chi connectivity index (χ1) is 17.0. The number of hydrogen-bond acceptors (Lipinski definition) is 6. The number of amides is 1. The molecular weight excluding hydrogens is 492 g/mol. The third-order valence-corrected chi connectivity index (χ3v) is 6.73. The Kier molecular flexibility index (Phi) is 7.10. The minimum Gasteiger partial charge on any atom is -0.481 e. The third-order valence-electron chi connectivity index (χ3n) is 5.69. The van der Waals surface area contributed by atoms with Gasteiger partial charge in [-0.15, -0.1) is 0 Å². The van der Waals surface area contributed by atoms with Gasteiger partial charge in [0.25, 0.3) is 11.5 Å². The van der Waals surface area contributed by atoms with Crippen LogP contribution in [0.2, 0.25) is 0 Å². The average molecular weight is 517 g/mol. The molecule has 2 heterocycles. The van der Waals surface area contributed by atoms with Crippen molar-refractivity contribution < 1.29 is 33.0 Å². The first kappa shape index (κ1) is 25.7. The van der Waals surface area contributed by atoms with Gasteiger partial charge in [-0.2, -0.15) is 0 Å². The monoisotopic (exact) mass is 517 g/mol. The second kappa shape index (κ2) is 9.94. The number of nitrogens with zero attached hydrogens (tertiary/aromatic N) is 2. The van der Waals surface area contributed by atoms with E-state index >= 15 is 0 Å². The zero-order valence-electron chi connectivity index (χ0n) is 19.6. The predicted octanol–water partition coefficient (Wildman–Crippen LogP) is 1.96. The normalized spacial score (nSPS) is 14.7. The first-order valence-electron chi connectivity index (χ1n) is 11.1. The smallest absolute Gasteiger partial charge is 0.356 e. The Bertz CT molecular complexity index is 1400. The largest absolute Gasteiger partial charge is 0.481 e. The second-order valence-electron chi connectivity index (χ2n) is 8.70. The zero-order valence-corrected chi connectivity index (χ0v) is 20.5. The molecule has 4 rings (SSSR count). The van der Waals surface area contributed by atoms with Gasteiger partial charge in [-0.3, -0.25) is 18.7 Å². The van der Waals surface area contributed by atoms with Crippen LogP contribution in [0.3, 0.4) is 0 Å². The highest BCUT2D eigenvalue weighted by Crippen LogP contribution is 2.35. The Balaban J connectivity index is 1.70. The molecule has 2 aromatic carbocycles. The van der Waals surface area contributed by atoms with Gasteiger partial charge in [-0.05, 0) is 37.1 Å². The molecule has 0 saturated heterocycles. The molecule has 0 fully saturated rings. The van der Waals surface area contributed by atoms with E-state index in [9.17, 15) is 28.3 Å². The lowest BCUT2D eigenvalue weighted by atomic mass is 10.1. The van der Waals surface area contributed by atoms with Gasteiger partial charge in [0.15, 0.2) is 5.69 Å². The molecule has 10 nitrogen and oxygen atoms in total. The molecule has 0 unspecified atom stereocenters. The number of hydrogen-bond donors (Lipinski definition) is 3. The van der Waals surface area contributed by atoms with Crippen LogP contribution in [0.1, 0.15) is 41.3 Å². The van der Waals surface area contributed by atoms with E-state index in [4.69, 9.17) is 9.47 Å². The molecule has 1 amide bonds. The summed E-state index contributed by atoms with van der Waals surface area (Å²) in [5, 5.41) is 1.97. The van der Waals surface area contributed by atoms with Gasteiger partial charge in [0, 0.05) is 6.54 Å².